The SMILES string of the molecule is O=C1NC(=S)N(c2ccc(Cl)cc2)C(=O)C1=Cc1cc2c(s1)C=Cc1ccccc1C2. The molecule has 3 aromatic rings. The molecule has 1 saturated heterocycles. The van der Waals surface area contributed by atoms with Crippen molar-refractivity contribution >= 4 is 76.0 Å². The van der Waals surface area contributed by atoms with Crippen molar-refractivity contribution in [1.82, 2.24) is 5.32 Å². The van der Waals surface area contributed by atoms with Crippen molar-refractivity contribution in [1.29, 1.82) is 0 Å². The highest BCUT2D eigenvalue weighted by Crippen LogP contribution is 2.33. The smallest absolute Gasteiger partial charge is 0.270 e. The van der Waals surface area contributed by atoms with E-state index in [0.29, 0.717) is 10.7 Å². The van der Waals surface area contributed by atoms with Crippen LogP contribution in [-0.4, -0.2) is 16.9 Å². The lowest BCUT2D eigenvalue weighted by molar-refractivity contribution is -0.122. The van der Waals surface area contributed by atoms with Crippen molar-refractivity contribution in [2.24, 2.45) is 0 Å². The van der Waals surface area contributed by atoms with Crippen LogP contribution in [0.3, 0.4) is 0 Å². The van der Waals surface area contributed by atoms with Gasteiger partial charge in [0.1, 0.15) is 5.57 Å². The largest absolute Gasteiger partial charge is 0.298 e. The third-order valence-corrected chi connectivity index (χ3v) is 6.81. The number of hydrogen-bond acceptors (Lipinski definition) is 4. The van der Waals surface area contributed by atoms with Crippen LogP contribution >= 0.6 is 35.2 Å². The van der Waals surface area contributed by atoms with Gasteiger partial charge in [-0.25, -0.2) is 0 Å². The molecule has 4 nitrogen and oxygen atoms in total. The normalized spacial score (nSPS) is 16.7. The van der Waals surface area contributed by atoms with Crippen molar-refractivity contribution < 1.29 is 9.59 Å². The van der Waals surface area contributed by atoms with Crippen molar-refractivity contribution in [3.8, 4) is 0 Å². The van der Waals surface area contributed by atoms with Crippen LogP contribution < -0.4 is 10.2 Å². The standard InChI is InChI=1S/C24H15ClN2O2S2/c25-17-6-8-18(9-7-17)27-23(29)20(22(28)26-24(27)30)13-19-12-16-11-15-4-2-1-3-14(15)5-10-21(16)31-19/h1-10,12-13H,11H2,(H,26,28,30). The Labute approximate surface area is 193 Å². The summed E-state index contributed by atoms with van der Waals surface area (Å²) in [4.78, 5) is 29.0. The average Bonchev–Trinajstić information content (AvgIpc) is 3.04. The van der Waals surface area contributed by atoms with E-state index in [9.17, 15) is 9.59 Å². The average molecular weight is 463 g/mol. The van der Waals surface area contributed by atoms with Gasteiger partial charge in [0.25, 0.3) is 11.8 Å². The first kappa shape index (κ1) is 19.9. The summed E-state index contributed by atoms with van der Waals surface area (Å²) in [6.07, 6.45) is 6.64. The molecule has 0 bridgehead atoms. The fourth-order valence-electron chi connectivity index (χ4n) is 3.67. The molecule has 7 heteroatoms. The Morgan fingerprint density at radius 3 is 2.61 bits per heavy atom. The summed E-state index contributed by atoms with van der Waals surface area (Å²) in [5.41, 5.74) is 4.22. The van der Waals surface area contributed by atoms with Crippen LogP contribution in [0.2, 0.25) is 5.02 Å². The molecule has 2 amide bonds. The van der Waals surface area contributed by atoms with Crippen molar-refractivity contribution in [3.05, 3.63) is 91.6 Å². The number of thiophene rings is 1. The van der Waals surface area contributed by atoms with Gasteiger partial charge in [-0.1, -0.05) is 41.9 Å². The van der Waals surface area contributed by atoms with Crippen molar-refractivity contribution in [2.75, 3.05) is 4.90 Å². The van der Waals surface area contributed by atoms with E-state index in [2.05, 4.69) is 29.6 Å². The number of fused-ring (bicyclic) bond motifs is 2. The molecule has 0 saturated carbocycles. The van der Waals surface area contributed by atoms with Crippen LogP contribution in [0.1, 0.15) is 26.4 Å². The molecule has 1 aliphatic heterocycles. The molecule has 0 radical (unpaired) electrons. The number of benzene rings is 2. The molecule has 0 atom stereocenters. The third kappa shape index (κ3) is 3.74. The van der Waals surface area contributed by atoms with Gasteiger partial charge in [0, 0.05) is 14.8 Å². The Morgan fingerprint density at radius 2 is 1.81 bits per heavy atom. The second kappa shape index (κ2) is 7.89. The summed E-state index contributed by atoms with van der Waals surface area (Å²) in [5, 5.41) is 3.22. The minimum Gasteiger partial charge on any atom is -0.298 e. The Kier molecular flexibility index (Phi) is 5.06. The molecule has 0 spiro atoms. The minimum absolute atomic E-state index is 0.0457. The molecule has 1 aliphatic carbocycles. The van der Waals surface area contributed by atoms with Crippen LogP contribution in [0.15, 0.2) is 60.2 Å². The van der Waals surface area contributed by atoms with Crippen LogP contribution in [0.25, 0.3) is 18.2 Å². The number of nitrogens with one attached hydrogen (secondary N) is 1. The van der Waals surface area contributed by atoms with Gasteiger partial charge in [0.2, 0.25) is 0 Å². The number of carbonyl (C=O) groups excluding carboxylic acids is 2. The first-order valence-corrected chi connectivity index (χ1v) is 11.2. The molecular weight excluding hydrogens is 448 g/mol. The van der Waals surface area contributed by atoms with Gasteiger partial charge in [-0.15, -0.1) is 11.3 Å². The maximum Gasteiger partial charge on any atom is 0.270 e. The number of nitrogens with zero attached hydrogens (tertiary/aromatic N) is 1. The summed E-state index contributed by atoms with van der Waals surface area (Å²) < 4.78 is 0. The second-order valence-electron chi connectivity index (χ2n) is 7.18. The number of halogens is 1. The summed E-state index contributed by atoms with van der Waals surface area (Å²) >= 11 is 12.7. The van der Waals surface area contributed by atoms with E-state index in [-0.39, 0.29) is 10.7 Å². The minimum atomic E-state index is -0.496. The lowest BCUT2D eigenvalue weighted by atomic mass is 10.0. The van der Waals surface area contributed by atoms with Crippen LogP contribution in [0.4, 0.5) is 5.69 Å². The van der Waals surface area contributed by atoms with Gasteiger partial charge in [-0.2, -0.15) is 0 Å². The van der Waals surface area contributed by atoms with Gasteiger partial charge in [-0.05, 0) is 77.8 Å². The second-order valence-corrected chi connectivity index (χ2v) is 9.12. The van der Waals surface area contributed by atoms with E-state index < -0.39 is 11.8 Å². The van der Waals surface area contributed by atoms with Crippen molar-refractivity contribution in [2.45, 2.75) is 6.42 Å². The summed E-state index contributed by atoms with van der Waals surface area (Å²) in [6, 6.07) is 17.1. The zero-order valence-electron chi connectivity index (χ0n) is 16.1. The first-order valence-electron chi connectivity index (χ1n) is 9.55. The molecule has 152 valence electrons. The molecule has 1 aromatic heterocycles. The first-order chi connectivity index (χ1) is 15.0. The maximum absolute atomic E-state index is 13.2. The number of thiocarbonyl (C=S) groups is 1. The number of hydrogen-bond donors (Lipinski definition) is 1. The maximum atomic E-state index is 13.2. The fourth-order valence-corrected chi connectivity index (χ4v) is 5.11. The monoisotopic (exact) mass is 462 g/mol. The highest BCUT2D eigenvalue weighted by Gasteiger charge is 2.34. The van der Waals surface area contributed by atoms with Crippen molar-refractivity contribution in [3.63, 3.8) is 0 Å². The molecular formula is C24H15ClN2O2S2. The number of anilines is 1. The van der Waals surface area contributed by atoms with Crippen LogP contribution in [-0.2, 0) is 16.0 Å². The summed E-state index contributed by atoms with van der Waals surface area (Å²) in [5.74, 6) is -0.953. The highest BCUT2D eigenvalue weighted by atomic mass is 35.5. The van der Waals surface area contributed by atoms with Gasteiger partial charge in [0.05, 0.1) is 5.69 Å². The predicted molar refractivity (Wildman–Crippen MR) is 130 cm³/mol. The van der Waals surface area contributed by atoms with E-state index in [1.165, 1.54) is 21.6 Å². The lowest BCUT2D eigenvalue weighted by Gasteiger charge is -2.28. The highest BCUT2D eigenvalue weighted by molar-refractivity contribution is 7.80. The lowest BCUT2D eigenvalue weighted by Crippen LogP contribution is -2.54. The number of amides is 2. The van der Waals surface area contributed by atoms with E-state index in [1.807, 2.05) is 18.2 Å². The van der Waals surface area contributed by atoms with Gasteiger partial charge in [-0.3, -0.25) is 19.8 Å². The quantitative estimate of drug-likeness (QED) is 0.249. The summed E-state index contributed by atoms with van der Waals surface area (Å²) in [6.45, 7) is 0. The Hall–Kier alpha value is -3.06. The molecule has 5 rings (SSSR count). The van der Waals surface area contributed by atoms with Gasteiger partial charge < -0.3 is 0 Å². The number of rotatable bonds is 2. The molecule has 2 aliphatic rings. The van der Waals surface area contributed by atoms with E-state index in [0.717, 1.165) is 16.2 Å². The third-order valence-electron chi connectivity index (χ3n) is 5.18. The molecule has 2 heterocycles. The topological polar surface area (TPSA) is 49.4 Å². The zero-order valence-corrected chi connectivity index (χ0v) is 18.5. The Balaban J connectivity index is 1.49. The fraction of sp³-hybridized carbons (Fsp3) is 0.0417. The van der Waals surface area contributed by atoms with Gasteiger partial charge in [0.15, 0.2) is 5.11 Å². The molecule has 1 fully saturated rings. The van der Waals surface area contributed by atoms with Gasteiger partial charge >= 0.3 is 0 Å². The zero-order chi connectivity index (χ0) is 21.5. The van der Waals surface area contributed by atoms with E-state index in [4.69, 9.17) is 23.8 Å². The predicted octanol–water partition coefficient (Wildman–Crippen LogP) is 5.31. The Morgan fingerprint density at radius 1 is 1.03 bits per heavy atom. The van der Waals surface area contributed by atoms with E-state index in [1.54, 1.807) is 41.7 Å². The molecule has 0 unspecified atom stereocenters. The number of carbonyl (C=O) groups is 2. The van der Waals surface area contributed by atoms with Crippen LogP contribution in [0, 0.1) is 0 Å². The summed E-state index contributed by atoms with van der Waals surface area (Å²) in [7, 11) is 0. The molecule has 2 aromatic carbocycles. The molecule has 31 heavy (non-hydrogen) atoms. The van der Waals surface area contributed by atoms with E-state index >= 15 is 0 Å². The molecule has 1 N–H and O–H groups in total. The van der Waals surface area contributed by atoms with Crippen LogP contribution in [0.5, 0.6) is 0 Å². The Bertz CT molecular complexity index is 1310.